The highest BCUT2D eigenvalue weighted by molar-refractivity contribution is 6.34. The van der Waals surface area contributed by atoms with E-state index in [0.29, 0.717) is 23.8 Å². The molecule has 5 heteroatoms. The van der Waals surface area contributed by atoms with E-state index in [0.717, 1.165) is 10.8 Å². The largest absolute Gasteiger partial charge is 0.396 e. The van der Waals surface area contributed by atoms with Crippen LogP contribution < -0.4 is 5.32 Å². The van der Waals surface area contributed by atoms with Crippen LogP contribution in [0.5, 0.6) is 0 Å². The maximum Gasteiger partial charge on any atom is 0.269 e. The van der Waals surface area contributed by atoms with E-state index >= 15 is 0 Å². The molecular formula is C15H17ClN2O2. The van der Waals surface area contributed by atoms with Crippen molar-refractivity contribution < 1.29 is 9.90 Å². The lowest BCUT2D eigenvalue weighted by molar-refractivity contribution is 0.0940. The SMILES string of the molecule is CC(CCO)CNC(=O)c1cc2ccccc2c(Cl)n1. The summed E-state index contributed by atoms with van der Waals surface area (Å²) in [6, 6.07) is 9.27. The molecule has 0 saturated heterocycles. The molecule has 0 radical (unpaired) electrons. The number of fused-ring (bicyclic) bond motifs is 1. The minimum atomic E-state index is -0.248. The number of nitrogens with zero attached hydrogens (tertiary/aromatic N) is 1. The van der Waals surface area contributed by atoms with Gasteiger partial charge in [0, 0.05) is 18.5 Å². The summed E-state index contributed by atoms with van der Waals surface area (Å²) >= 11 is 6.09. The van der Waals surface area contributed by atoms with Crippen molar-refractivity contribution >= 4 is 28.3 Å². The molecule has 1 heterocycles. The molecule has 1 unspecified atom stereocenters. The van der Waals surface area contributed by atoms with Crippen LogP contribution in [0.2, 0.25) is 5.15 Å². The summed E-state index contributed by atoms with van der Waals surface area (Å²) in [6.07, 6.45) is 0.659. The maximum atomic E-state index is 12.1. The summed E-state index contributed by atoms with van der Waals surface area (Å²) in [7, 11) is 0. The Balaban J connectivity index is 2.14. The van der Waals surface area contributed by atoms with Gasteiger partial charge >= 0.3 is 0 Å². The van der Waals surface area contributed by atoms with Crippen molar-refractivity contribution in [2.24, 2.45) is 5.92 Å². The second kappa shape index (κ2) is 6.68. The first-order valence-electron chi connectivity index (χ1n) is 6.56. The number of nitrogens with one attached hydrogen (secondary N) is 1. The van der Waals surface area contributed by atoms with Gasteiger partial charge in [0.2, 0.25) is 0 Å². The van der Waals surface area contributed by atoms with Crippen LogP contribution in [0.15, 0.2) is 30.3 Å². The zero-order chi connectivity index (χ0) is 14.5. The maximum absolute atomic E-state index is 12.1. The van der Waals surface area contributed by atoms with E-state index < -0.39 is 0 Å². The number of carbonyl (C=O) groups is 1. The third-order valence-electron chi connectivity index (χ3n) is 3.16. The highest BCUT2D eigenvalue weighted by Crippen LogP contribution is 2.22. The number of halogens is 1. The van der Waals surface area contributed by atoms with Crippen LogP contribution in [-0.4, -0.2) is 29.1 Å². The van der Waals surface area contributed by atoms with E-state index in [9.17, 15) is 4.79 Å². The predicted molar refractivity (Wildman–Crippen MR) is 80.0 cm³/mol. The van der Waals surface area contributed by atoms with Crippen molar-refractivity contribution in [2.75, 3.05) is 13.2 Å². The van der Waals surface area contributed by atoms with Gasteiger partial charge in [0.15, 0.2) is 0 Å². The molecule has 0 aliphatic carbocycles. The first kappa shape index (κ1) is 14.8. The van der Waals surface area contributed by atoms with Crippen molar-refractivity contribution in [2.45, 2.75) is 13.3 Å². The Morgan fingerprint density at radius 3 is 2.95 bits per heavy atom. The smallest absolute Gasteiger partial charge is 0.269 e. The lowest BCUT2D eigenvalue weighted by Crippen LogP contribution is -2.29. The number of carbonyl (C=O) groups excluding carboxylic acids is 1. The molecule has 106 valence electrons. The fraction of sp³-hybridized carbons (Fsp3) is 0.333. The van der Waals surface area contributed by atoms with Gasteiger partial charge in [-0.05, 0) is 23.8 Å². The van der Waals surface area contributed by atoms with E-state index in [-0.39, 0.29) is 18.4 Å². The van der Waals surface area contributed by atoms with Gasteiger partial charge in [-0.1, -0.05) is 42.8 Å². The number of hydrogen-bond acceptors (Lipinski definition) is 3. The van der Waals surface area contributed by atoms with E-state index in [2.05, 4.69) is 10.3 Å². The highest BCUT2D eigenvalue weighted by Gasteiger charge is 2.12. The average molecular weight is 293 g/mol. The molecule has 20 heavy (non-hydrogen) atoms. The third kappa shape index (κ3) is 3.46. The number of amides is 1. The number of aromatic nitrogens is 1. The Bertz CT molecular complexity index is 616. The first-order valence-corrected chi connectivity index (χ1v) is 6.94. The van der Waals surface area contributed by atoms with Gasteiger partial charge in [-0.2, -0.15) is 0 Å². The number of aliphatic hydroxyl groups excluding tert-OH is 1. The zero-order valence-corrected chi connectivity index (χ0v) is 12.0. The number of pyridine rings is 1. The summed E-state index contributed by atoms with van der Waals surface area (Å²) in [6.45, 7) is 2.60. The molecule has 4 nitrogen and oxygen atoms in total. The molecule has 1 amide bonds. The number of hydrogen-bond donors (Lipinski definition) is 2. The molecule has 0 spiro atoms. The summed E-state index contributed by atoms with van der Waals surface area (Å²) in [5.74, 6) is -0.0256. The molecule has 0 bridgehead atoms. The van der Waals surface area contributed by atoms with Crippen molar-refractivity contribution in [1.82, 2.24) is 10.3 Å². The second-order valence-corrected chi connectivity index (χ2v) is 5.20. The number of benzene rings is 1. The third-order valence-corrected chi connectivity index (χ3v) is 3.45. The van der Waals surface area contributed by atoms with Crippen molar-refractivity contribution in [1.29, 1.82) is 0 Å². The molecule has 0 aliphatic heterocycles. The van der Waals surface area contributed by atoms with Crippen molar-refractivity contribution in [3.8, 4) is 0 Å². The molecule has 0 aliphatic rings. The Hall–Kier alpha value is -1.65. The van der Waals surface area contributed by atoms with Gasteiger partial charge in [-0.3, -0.25) is 4.79 Å². The summed E-state index contributed by atoms with van der Waals surface area (Å²) in [5, 5.41) is 13.7. The molecule has 0 fully saturated rings. The fourth-order valence-electron chi connectivity index (χ4n) is 1.95. The number of aliphatic hydroxyl groups is 1. The average Bonchev–Trinajstić information content (AvgIpc) is 2.45. The van der Waals surface area contributed by atoms with Crippen LogP contribution in [0.25, 0.3) is 10.8 Å². The first-order chi connectivity index (χ1) is 9.61. The van der Waals surface area contributed by atoms with E-state index in [4.69, 9.17) is 16.7 Å². The lowest BCUT2D eigenvalue weighted by Gasteiger charge is -2.11. The van der Waals surface area contributed by atoms with Crippen LogP contribution in [-0.2, 0) is 0 Å². The van der Waals surface area contributed by atoms with Gasteiger partial charge in [-0.15, -0.1) is 0 Å². The predicted octanol–water partition coefficient (Wildman–Crippen LogP) is 2.64. The summed E-state index contributed by atoms with van der Waals surface area (Å²) < 4.78 is 0. The van der Waals surface area contributed by atoms with Gasteiger partial charge < -0.3 is 10.4 Å². The van der Waals surface area contributed by atoms with Gasteiger partial charge in [0.25, 0.3) is 5.91 Å². The van der Waals surface area contributed by atoms with E-state index in [1.165, 1.54) is 0 Å². The Morgan fingerprint density at radius 2 is 2.20 bits per heavy atom. The Labute approximate surface area is 122 Å². The summed E-state index contributed by atoms with van der Waals surface area (Å²) in [4.78, 5) is 16.2. The minimum absolute atomic E-state index is 0.122. The minimum Gasteiger partial charge on any atom is -0.396 e. The van der Waals surface area contributed by atoms with Gasteiger partial charge in [-0.25, -0.2) is 4.98 Å². The van der Waals surface area contributed by atoms with Crippen LogP contribution >= 0.6 is 11.6 Å². The van der Waals surface area contributed by atoms with E-state index in [1.54, 1.807) is 6.07 Å². The highest BCUT2D eigenvalue weighted by atomic mass is 35.5. The van der Waals surface area contributed by atoms with Crippen LogP contribution in [0.3, 0.4) is 0 Å². The molecule has 1 atom stereocenters. The van der Waals surface area contributed by atoms with Crippen LogP contribution in [0.4, 0.5) is 0 Å². The standard InChI is InChI=1S/C15H17ClN2O2/c1-10(6-7-19)9-17-15(20)13-8-11-4-2-3-5-12(11)14(16)18-13/h2-5,8,10,19H,6-7,9H2,1H3,(H,17,20). The fourth-order valence-corrected chi connectivity index (χ4v) is 2.22. The lowest BCUT2D eigenvalue weighted by atomic mass is 10.1. The normalized spacial score (nSPS) is 12.3. The zero-order valence-electron chi connectivity index (χ0n) is 11.3. The van der Waals surface area contributed by atoms with E-state index in [1.807, 2.05) is 31.2 Å². The van der Waals surface area contributed by atoms with Crippen LogP contribution in [0.1, 0.15) is 23.8 Å². The van der Waals surface area contributed by atoms with Crippen molar-refractivity contribution in [3.05, 3.63) is 41.2 Å². The molecular weight excluding hydrogens is 276 g/mol. The Morgan fingerprint density at radius 1 is 1.45 bits per heavy atom. The molecule has 1 aromatic heterocycles. The Kier molecular flexibility index (Phi) is 4.93. The molecule has 2 aromatic rings. The molecule has 2 N–H and O–H groups in total. The van der Waals surface area contributed by atoms with Gasteiger partial charge in [0.1, 0.15) is 10.8 Å². The molecule has 2 rings (SSSR count). The monoisotopic (exact) mass is 292 g/mol. The van der Waals surface area contributed by atoms with Gasteiger partial charge in [0.05, 0.1) is 0 Å². The topological polar surface area (TPSA) is 62.2 Å². The molecule has 0 saturated carbocycles. The quantitative estimate of drug-likeness (QED) is 0.833. The van der Waals surface area contributed by atoms with Crippen LogP contribution in [0, 0.1) is 5.92 Å². The second-order valence-electron chi connectivity index (χ2n) is 4.85. The summed E-state index contributed by atoms with van der Waals surface area (Å²) in [5.41, 5.74) is 0.310. The number of rotatable bonds is 5. The van der Waals surface area contributed by atoms with Crippen molar-refractivity contribution in [3.63, 3.8) is 0 Å². The molecule has 1 aromatic carbocycles.